The summed E-state index contributed by atoms with van der Waals surface area (Å²) in [7, 11) is 0. The van der Waals surface area contributed by atoms with E-state index >= 15 is 0 Å². The Hall–Kier alpha value is 0.910. The van der Waals surface area contributed by atoms with Gasteiger partial charge in [0, 0.05) is 15.4 Å². The molecule has 1 rings (SSSR count). The zero-order valence-electron chi connectivity index (χ0n) is 6.51. The Kier molecular flexibility index (Phi) is 6.03. The Morgan fingerprint density at radius 2 is 2.17 bits per heavy atom. The number of rotatable bonds is 2. The second-order valence-corrected chi connectivity index (χ2v) is 5.54. The summed E-state index contributed by atoms with van der Waals surface area (Å²) in [5, 5.41) is 0. The molecule has 0 bridgehead atoms. The molecule has 12 heavy (non-hydrogen) atoms. The first-order valence-corrected chi connectivity index (χ1v) is 5.75. The van der Waals surface area contributed by atoms with E-state index in [2.05, 4.69) is 44.8 Å². The maximum absolute atomic E-state index is 5.85. The second-order valence-electron chi connectivity index (χ2n) is 2.29. The van der Waals surface area contributed by atoms with Gasteiger partial charge in [-0.25, -0.2) is 0 Å². The average Bonchev–Trinajstić information content (AvgIpc) is 2.31. The number of hydrogen-bond donors (Lipinski definition) is 1. The summed E-state index contributed by atoms with van der Waals surface area (Å²) in [6.45, 7) is 2.09. The van der Waals surface area contributed by atoms with Gasteiger partial charge in [-0.1, -0.05) is 6.92 Å². The molecule has 1 aromatic heterocycles. The largest absolute Gasteiger partial charge is 0.323 e. The van der Waals surface area contributed by atoms with Gasteiger partial charge in [-0.15, -0.1) is 23.7 Å². The molecule has 0 aliphatic rings. The van der Waals surface area contributed by atoms with E-state index in [-0.39, 0.29) is 18.4 Å². The number of thiophene rings is 1. The highest BCUT2D eigenvalue weighted by molar-refractivity contribution is 9.13. The van der Waals surface area contributed by atoms with Crippen molar-refractivity contribution in [3.8, 4) is 0 Å². The highest BCUT2D eigenvalue weighted by atomic mass is 79.9. The number of halogens is 3. The molecular formula is C7H10Br2ClNS. The van der Waals surface area contributed by atoms with Crippen LogP contribution in [0.2, 0.25) is 0 Å². The third kappa shape index (κ3) is 3.00. The zero-order chi connectivity index (χ0) is 8.43. The van der Waals surface area contributed by atoms with Crippen LogP contribution < -0.4 is 5.73 Å². The van der Waals surface area contributed by atoms with Crippen LogP contribution >= 0.6 is 55.6 Å². The van der Waals surface area contributed by atoms with E-state index in [0.717, 1.165) is 14.7 Å². The fourth-order valence-electron chi connectivity index (χ4n) is 0.747. The Morgan fingerprint density at radius 1 is 1.58 bits per heavy atom. The van der Waals surface area contributed by atoms with Gasteiger partial charge < -0.3 is 5.73 Å². The molecule has 5 heteroatoms. The predicted molar refractivity (Wildman–Crippen MR) is 64.2 cm³/mol. The van der Waals surface area contributed by atoms with Crippen LogP contribution in [0, 0.1) is 0 Å². The maximum Gasteiger partial charge on any atom is 0.0843 e. The first kappa shape index (κ1) is 12.9. The van der Waals surface area contributed by atoms with Crippen molar-refractivity contribution in [3.63, 3.8) is 0 Å². The summed E-state index contributed by atoms with van der Waals surface area (Å²) in [4.78, 5) is 1.23. The molecular weight excluding hydrogens is 325 g/mol. The van der Waals surface area contributed by atoms with Crippen LogP contribution in [0.15, 0.2) is 14.3 Å². The second kappa shape index (κ2) is 5.60. The topological polar surface area (TPSA) is 26.0 Å². The molecule has 0 saturated carbocycles. The molecule has 1 heterocycles. The lowest BCUT2D eigenvalue weighted by atomic mass is 10.2. The molecule has 70 valence electrons. The molecule has 1 nitrogen and oxygen atoms in total. The van der Waals surface area contributed by atoms with E-state index in [0.29, 0.717) is 0 Å². The van der Waals surface area contributed by atoms with Crippen LogP contribution in [0.25, 0.3) is 0 Å². The molecule has 0 saturated heterocycles. The summed E-state index contributed by atoms with van der Waals surface area (Å²) < 4.78 is 2.22. The minimum atomic E-state index is 0. The van der Waals surface area contributed by atoms with Gasteiger partial charge in [0.15, 0.2) is 0 Å². The lowest BCUT2D eigenvalue weighted by molar-refractivity contribution is 0.712. The van der Waals surface area contributed by atoms with Crippen LogP contribution in [0.3, 0.4) is 0 Å². The highest BCUT2D eigenvalue weighted by Gasteiger charge is 2.09. The molecule has 0 unspecified atom stereocenters. The third-order valence-electron chi connectivity index (χ3n) is 1.47. The number of nitrogens with two attached hydrogens (primary N) is 1. The van der Waals surface area contributed by atoms with Crippen molar-refractivity contribution in [1.29, 1.82) is 0 Å². The maximum atomic E-state index is 5.85. The molecule has 0 aliphatic heterocycles. The standard InChI is InChI=1S/C7H9Br2NS.ClH/c1-2-5(10)6-3-4(8)7(9)11-6;/h3,5H,2,10H2,1H3;1H/t5-;/m1./s1. The highest BCUT2D eigenvalue weighted by Crippen LogP contribution is 2.35. The normalized spacial score (nSPS) is 12.3. The molecule has 1 atom stereocenters. The third-order valence-corrected chi connectivity index (χ3v) is 4.86. The van der Waals surface area contributed by atoms with E-state index in [4.69, 9.17) is 5.73 Å². The Balaban J connectivity index is 0.00000121. The molecule has 0 spiro atoms. The van der Waals surface area contributed by atoms with Crippen LogP contribution in [-0.4, -0.2) is 0 Å². The van der Waals surface area contributed by atoms with Crippen LogP contribution in [-0.2, 0) is 0 Å². The van der Waals surface area contributed by atoms with Gasteiger partial charge >= 0.3 is 0 Å². The lowest BCUT2D eigenvalue weighted by Crippen LogP contribution is -2.05. The summed E-state index contributed by atoms with van der Waals surface area (Å²) in [5.74, 6) is 0. The van der Waals surface area contributed by atoms with E-state index in [1.165, 1.54) is 4.88 Å². The monoisotopic (exact) mass is 333 g/mol. The van der Waals surface area contributed by atoms with Crippen molar-refractivity contribution in [1.82, 2.24) is 0 Å². The first-order chi connectivity index (χ1) is 5.15. The van der Waals surface area contributed by atoms with E-state index in [1.54, 1.807) is 11.3 Å². The van der Waals surface area contributed by atoms with Crippen molar-refractivity contribution >= 4 is 55.6 Å². The smallest absolute Gasteiger partial charge is 0.0843 e. The average molecular weight is 335 g/mol. The van der Waals surface area contributed by atoms with E-state index < -0.39 is 0 Å². The minimum absolute atomic E-state index is 0. The van der Waals surface area contributed by atoms with Gasteiger partial charge in [-0.2, -0.15) is 0 Å². The van der Waals surface area contributed by atoms with E-state index in [1.807, 2.05) is 0 Å². The van der Waals surface area contributed by atoms with Crippen molar-refractivity contribution < 1.29 is 0 Å². The SMILES string of the molecule is CC[C@@H](N)c1cc(Br)c(Br)s1.Cl. The van der Waals surface area contributed by atoms with Gasteiger partial charge in [0.2, 0.25) is 0 Å². The van der Waals surface area contributed by atoms with E-state index in [9.17, 15) is 0 Å². The fourth-order valence-corrected chi connectivity index (χ4v) is 2.92. The van der Waals surface area contributed by atoms with Crippen molar-refractivity contribution in [3.05, 3.63) is 19.2 Å². The van der Waals surface area contributed by atoms with Crippen molar-refractivity contribution in [2.24, 2.45) is 5.73 Å². The summed E-state index contributed by atoms with van der Waals surface area (Å²) in [6, 6.07) is 2.26. The summed E-state index contributed by atoms with van der Waals surface area (Å²) >= 11 is 8.54. The quantitative estimate of drug-likeness (QED) is 0.865. The predicted octanol–water partition coefficient (Wildman–Crippen LogP) is 4.10. The molecule has 0 fully saturated rings. The molecule has 0 radical (unpaired) electrons. The van der Waals surface area contributed by atoms with Gasteiger partial charge in [-0.05, 0) is 44.3 Å². The van der Waals surface area contributed by atoms with Gasteiger partial charge in [-0.3, -0.25) is 0 Å². The van der Waals surface area contributed by atoms with Gasteiger partial charge in [0.05, 0.1) is 3.79 Å². The lowest BCUT2D eigenvalue weighted by Gasteiger charge is -2.02. The molecule has 0 aliphatic carbocycles. The first-order valence-electron chi connectivity index (χ1n) is 3.35. The fraction of sp³-hybridized carbons (Fsp3) is 0.429. The molecule has 0 amide bonds. The molecule has 1 aromatic rings. The van der Waals surface area contributed by atoms with Gasteiger partial charge in [0.1, 0.15) is 0 Å². The minimum Gasteiger partial charge on any atom is -0.323 e. The molecule has 0 aromatic carbocycles. The van der Waals surface area contributed by atoms with Crippen LogP contribution in [0.1, 0.15) is 24.3 Å². The summed E-state index contributed by atoms with van der Waals surface area (Å²) in [5.41, 5.74) is 5.85. The Morgan fingerprint density at radius 3 is 2.50 bits per heavy atom. The Bertz CT molecular complexity index is 232. The van der Waals surface area contributed by atoms with Crippen molar-refractivity contribution in [2.45, 2.75) is 19.4 Å². The zero-order valence-corrected chi connectivity index (χ0v) is 11.3. The van der Waals surface area contributed by atoms with Crippen molar-refractivity contribution in [2.75, 3.05) is 0 Å². The molecule has 2 N–H and O–H groups in total. The van der Waals surface area contributed by atoms with Crippen LogP contribution in [0.4, 0.5) is 0 Å². The summed E-state index contributed by atoms with van der Waals surface area (Å²) in [6.07, 6.45) is 0.986. The Labute approximate surface area is 99.4 Å². The van der Waals surface area contributed by atoms with Crippen LogP contribution in [0.5, 0.6) is 0 Å². The van der Waals surface area contributed by atoms with Gasteiger partial charge in [0.25, 0.3) is 0 Å². The number of hydrogen-bond acceptors (Lipinski definition) is 2.